The van der Waals surface area contributed by atoms with E-state index in [9.17, 15) is 4.79 Å². The molecule has 2 rings (SSSR count). The summed E-state index contributed by atoms with van der Waals surface area (Å²) in [5, 5.41) is 2.81. The van der Waals surface area contributed by atoms with Crippen molar-refractivity contribution in [3.63, 3.8) is 0 Å². The van der Waals surface area contributed by atoms with E-state index in [1.54, 1.807) is 6.20 Å². The van der Waals surface area contributed by atoms with Gasteiger partial charge in [-0.15, -0.1) is 0 Å². The van der Waals surface area contributed by atoms with Gasteiger partial charge in [0.25, 0.3) is 0 Å². The van der Waals surface area contributed by atoms with Gasteiger partial charge in [0.15, 0.2) is 0 Å². The molecule has 1 amide bonds. The zero-order chi connectivity index (χ0) is 13.4. The molecule has 1 saturated carbocycles. The number of nitrogens with zero attached hydrogens (tertiary/aromatic N) is 1. The molecule has 1 aromatic rings. The average Bonchev–Trinajstić information content (AvgIpc) is 2.96. The first-order chi connectivity index (χ1) is 8.31. The van der Waals surface area contributed by atoms with E-state index in [1.807, 2.05) is 32.9 Å². The first-order valence-corrected chi connectivity index (χ1v) is 6.73. The van der Waals surface area contributed by atoms with Gasteiger partial charge in [0.1, 0.15) is 10.2 Å². The molecule has 5 heteroatoms. The highest BCUT2D eigenvalue weighted by atomic mass is 79.9. The van der Waals surface area contributed by atoms with Crippen LogP contribution in [0, 0.1) is 0 Å². The molecule has 0 aliphatic heterocycles. The molecule has 0 unspecified atom stereocenters. The Morgan fingerprint density at radius 3 is 2.56 bits per heavy atom. The minimum absolute atomic E-state index is 0.287. The lowest BCUT2D eigenvalue weighted by atomic mass is 10.1. The molecule has 0 bridgehead atoms. The van der Waals surface area contributed by atoms with Gasteiger partial charge in [-0.2, -0.15) is 0 Å². The number of amides is 1. The van der Waals surface area contributed by atoms with Gasteiger partial charge in [-0.1, -0.05) is 6.07 Å². The van der Waals surface area contributed by atoms with Crippen molar-refractivity contribution in [1.82, 2.24) is 10.3 Å². The molecule has 1 aliphatic carbocycles. The van der Waals surface area contributed by atoms with Crippen molar-refractivity contribution in [3.8, 4) is 0 Å². The molecular formula is C13H17BrN2O2. The number of pyridine rings is 1. The Morgan fingerprint density at radius 1 is 1.44 bits per heavy atom. The first-order valence-electron chi connectivity index (χ1n) is 5.94. The van der Waals surface area contributed by atoms with Gasteiger partial charge >= 0.3 is 6.09 Å². The van der Waals surface area contributed by atoms with Crippen LogP contribution in [0.2, 0.25) is 0 Å². The number of carbonyl (C=O) groups excluding carboxylic acids is 1. The van der Waals surface area contributed by atoms with Gasteiger partial charge in [0, 0.05) is 17.3 Å². The number of alkyl carbamates (subject to hydrolysis) is 1. The van der Waals surface area contributed by atoms with Crippen molar-refractivity contribution in [2.75, 3.05) is 0 Å². The van der Waals surface area contributed by atoms with Crippen LogP contribution in [0.15, 0.2) is 22.9 Å². The Bertz CT molecular complexity index is 447. The number of aromatic nitrogens is 1. The smallest absolute Gasteiger partial charge is 0.408 e. The molecule has 1 heterocycles. The lowest BCUT2D eigenvalue weighted by Gasteiger charge is -2.23. The van der Waals surface area contributed by atoms with E-state index in [0.717, 1.165) is 23.0 Å². The first kappa shape index (κ1) is 13.3. The van der Waals surface area contributed by atoms with Crippen LogP contribution < -0.4 is 5.32 Å². The van der Waals surface area contributed by atoms with Gasteiger partial charge in [0.2, 0.25) is 0 Å². The molecule has 1 aromatic heterocycles. The fourth-order valence-corrected chi connectivity index (χ4v) is 1.95. The quantitative estimate of drug-likeness (QED) is 0.852. The molecule has 1 aliphatic rings. The highest BCUT2D eigenvalue weighted by Gasteiger charge is 2.49. The summed E-state index contributed by atoms with van der Waals surface area (Å²) in [6.45, 7) is 5.78. The molecule has 98 valence electrons. The zero-order valence-corrected chi connectivity index (χ0v) is 12.4. The molecule has 0 saturated heterocycles. The monoisotopic (exact) mass is 312 g/mol. The highest BCUT2D eigenvalue weighted by Crippen LogP contribution is 2.49. The largest absolute Gasteiger partial charge is 0.438 e. The van der Waals surface area contributed by atoms with Crippen LogP contribution >= 0.6 is 15.9 Å². The van der Waals surface area contributed by atoms with E-state index in [-0.39, 0.29) is 11.6 Å². The van der Waals surface area contributed by atoms with Crippen molar-refractivity contribution in [2.45, 2.75) is 44.8 Å². The summed E-state index contributed by atoms with van der Waals surface area (Å²) < 4.78 is 6.32. The van der Waals surface area contributed by atoms with E-state index >= 15 is 0 Å². The number of ether oxygens (including phenoxy) is 1. The Kier molecular flexibility index (Phi) is 3.36. The van der Waals surface area contributed by atoms with E-state index < -0.39 is 5.60 Å². The maximum absolute atomic E-state index is 11.8. The third-order valence-corrected chi connectivity index (χ3v) is 3.19. The predicted octanol–water partition coefficient (Wildman–Crippen LogP) is 3.36. The molecule has 18 heavy (non-hydrogen) atoms. The van der Waals surface area contributed by atoms with Gasteiger partial charge in [0.05, 0.1) is 0 Å². The molecule has 0 aromatic carbocycles. The number of nitrogens with one attached hydrogen (secondary N) is 1. The van der Waals surface area contributed by atoms with Crippen LogP contribution in [0.25, 0.3) is 0 Å². The number of carbonyl (C=O) groups is 1. The third-order valence-electron chi connectivity index (χ3n) is 2.72. The summed E-state index contributed by atoms with van der Waals surface area (Å²) in [6, 6.07) is 3.80. The topological polar surface area (TPSA) is 51.2 Å². The molecule has 0 atom stereocenters. The Hall–Kier alpha value is -1.10. The van der Waals surface area contributed by atoms with Crippen molar-refractivity contribution in [2.24, 2.45) is 0 Å². The molecule has 1 N–H and O–H groups in total. The lowest BCUT2D eigenvalue weighted by Crippen LogP contribution is -2.42. The Labute approximate surface area is 115 Å². The van der Waals surface area contributed by atoms with Crippen LogP contribution in [0.4, 0.5) is 4.79 Å². The van der Waals surface area contributed by atoms with Crippen LogP contribution in [0.5, 0.6) is 0 Å². The minimum Gasteiger partial charge on any atom is -0.438 e. The van der Waals surface area contributed by atoms with Crippen LogP contribution in [-0.4, -0.2) is 16.6 Å². The van der Waals surface area contributed by atoms with Crippen molar-refractivity contribution >= 4 is 22.0 Å². The average molecular weight is 313 g/mol. The van der Waals surface area contributed by atoms with Gasteiger partial charge in [-0.25, -0.2) is 9.78 Å². The second-order valence-corrected chi connectivity index (χ2v) is 6.44. The van der Waals surface area contributed by atoms with Gasteiger partial charge in [-0.3, -0.25) is 0 Å². The molecule has 0 radical (unpaired) electrons. The summed E-state index contributed by atoms with van der Waals surface area (Å²) in [5.41, 5.74) is 0.198. The summed E-state index contributed by atoms with van der Waals surface area (Å²) >= 11 is 3.29. The van der Waals surface area contributed by atoms with Crippen LogP contribution in [0.3, 0.4) is 0 Å². The Balaban J connectivity index is 2.04. The Morgan fingerprint density at radius 2 is 2.11 bits per heavy atom. The summed E-state index contributed by atoms with van der Waals surface area (Å²) in [6.07, 6.45) is 3.09. The van der Waals surface area contributed by atoms with E-state index in [0.29, 0.717) is 0 Å². The lowest BCUT2D eigenvalue weighted by molar-refractivity contribution is 0.0753. The van der Waals surface area contributed by atoms with Crippen molar-refractivity contribution < 1.29 is 9.53 Å². The molecule has 1 fully saturated rings. The van der Waals surface area contributed by atoms with Gasteiger partial charge in [-0.05, 0) is 55.6 Å². The van der Waals surface area contributed by atoms with E-state index in [4.69, 9.17) is 4.74 Å². The molecule has 0 spiro atoms. The number of hydrogen-bond acceptors (Lipinski definition) is 3. The summed E-state index contributed by atoms with van der Waals surface area (Å²) in [7, 11) is 0. The van der Waals surface area contributed by atoms with E-state index in [2.05, 4.69) is 26.2 Å². The highest BCUT2D eigenvalue weighted by molar-refractivity contribution is 9.10. The predicted molar refractivity (Wildman–Crippen MR) is 72.2 cm³/mol. The number of hydrogen-bond donors (Lipinski definition) is 1. The fourth-order valence-electron chi connectivity index (χ4n) is 1.72. The third kappa shape index (κ3) is 3.22. The van der Waals surface area contributed by atoms with Crippen LogP contribution in [-0.2, 0) is 10.3 Å². The second-order valence-electron chi connectivity index (χ2n) is 5.63. The van der Waals surface area contributed by atoms with E-state index in [1.165, 1.54) is 0 Å². The van der Waals surface area contributed by atoms with Crippen molar-refractivity contribution in [3.05, 3.63) is 28.5 Å². The fraction of sp³-hybridized carbons (Fsp3) is 0.538. The molecular weight excluding hydrogens is 296 g/mol. The number of halogens is 1. The normalized spacial score (nSPS) is 17.1. The second kappa shape index (κ2) is 4.53. The standard InChI is InChI=1S/C13H17BrN2O2/c1-12(2,3)16-11(17)18-13(6-7-13)9-4-5-10(14)15-8-9/h4-5,8H,6-7H2,1-3H3,(H,16,17). The molecule has 4 nitrogen and oxygen atoms in total. The maximum Gasteiger partial charge on any atom is 0.408 e. The number of rotatable bonds is 2. The maximum atomic E-state index is 11.8. The summed E-state index contributed by atoms with van der Waals surface area (Å²) in [4.78, 5) is 16.0. The zero-order valence-electron chi connectivity index (χ0n) is 10.8. The van der Waals surface area contributed by atoms with Gasteiger partial charge < -0.3 is 10.1 Å². The SMILES string of the molecule is CC(C)(C)NC(=O)OC1(c2ccc(Br)nc2)CC1. The minimum atomic E-state index is -0.469. The van der Waals surface area contributed by atoms with Crippen molar-refractivity contribution in [1.29, 1.82) is 0 Å². The van der Waals surface area contributed by atoms with Crippen LogP contribution in [0.1, 0.15) is 39.2 Å². The summed E-state index contributed by atoms with van der Waals surface area (Å²) in [5.74, 6) is 0.